The molecule has 0 unspecified atom stereocenters. The number of rotatable bonds is 2. The van der Waals surface area contributed by atoms with E-state index in [-0.39, 0.29) is 0 Å². The first-order valence-corrected chi connectivity index (χ1v) is 5.86. The zero-order valence-electron chi connectivity index (χ0n) is 9.51. The molecule has 1 aromatic rings. The van der Waals surface area contributed by atoms with Gasteiger partial charge in [-0.25, -0.2) is 0 Å². The highest BCUT2D eigenvalue weighted by Crippen LogP contribution is 2.47. The minimum atomic E-state index is -0.716. The molecule has 1 aliphatic rings. The Morgan fingerprint density at radius 2 is 2.00 bits per heavy atom. The lowest BCUT2D eigenvalue weighted by Crippen LogP contribution is -2.43. The molecule has 86 valence electrons. The van der Waals surface area contributed by atoms with Gasteiger partial charge in [0.05, 0.1) is 5.41 Å². The second kappa shape index (κ2) is 3.77. The van der Waals surface area contributed by atoms with Crippen LogP contribution < -0.4 is 0 Å². The number of carboxylic acid groups (broad SMARTS) is 1. The van der Waals surface area contributed by atoms with E-state index in [0.29, 0.717) is 5.02 Å². The number of carbonyl (C=O) groups is 1. The van der Waals surface area contributed by atoms with E-state index < -0.39 is 11.4 Å². The van der Waals surface area contributed by atoms with E-state index in [9.17, 15) is 9.90 Å². The molecular formula is C13H15ClO2. The number of hydrogen-bond acceptors (Lipinski definition) is 1. The van der Waals surface area contributed by atoms with Crippen LogP contribution in [0.5, 0.6) is 0 Å². The number of carboxylic acids is 1. The van der Waals surface area contributed by atoms with Gasteiger partial charge in [-0.3, -0.25) is 4.79 Å². The molecule has 1 N–H and O–H groups in total. The van der Waals surface area contributed by atoms with E-state index in [4.69, 9.17) is 11.6 Å². The van der Waals surface area contributed by atoms with Crippen LogP contribution in [0.15, 0.2) is 12.1 Å². The van der Waals surface area contributed by atoms with Crippen LogP contribution in [0.3, 0.4) is 0 Å². The largest absolute Gasteiger partial charge is 0.481 e. The van der Waals surface area contributed by atoms with Crippen LogP contribution in [0.2, 0.25) is 5.02 Å². The smallest absolute Gasteiger partial charge is 0.314 e. The number of aryl methyl sites for hydroxylation is 1. The van der Waals surface area contributed by atoms with Gasteiger partial charge in [0.25, 0.3) is 0 Å². The molecule has 0 spiro atoms. The first-order valence-electron chi connectivity index (χ1n) is 5.48. The van der Waals surface area contributed by atoms with Crippen molar-refractivity contribution in [3.8, 4) is 0 Å². The van der Waals surface area contributed by atoms with Gasteiger partial charge in [-0.2, -0.15) is 0 Å². The zero-order valence-corrected chi connectivity index (χ0v) is 10.3. The van der Waals surface area contributed by atoms with Crippen molar-refractivity contribution in [3.05, 3.63) is 33.8 Å². The maximum Gasteiger partial charge on any atom is 0.314 e. The highest BCUT2D eigenvalue weighted by molar-refractivity contribution is 6.31. The molecule has 0 bridgehead atoms. The summed E-state index contributed by atoms with van der Waals surface area (Å²) in [6.07, 6.45) is 2.44. The monoisotopic (exact) mass is 238 g/mol. The van der Waals surface area contributed by atoms with Crippen molar-refractivity contribution >= 4 is 17.6 Å². The van der Waals surface area contributed by atoms with Crippen LogP contribution in [0.1, 0.15) is 36.0 Å². The molecule has 1 fully saturated rings. The molecule has 16 heavy (non-hydrogen) atoms. The van der Waals surface area contributed by atoms with Gasteiger partial charge in [-0.15, -0.1) is 0 Å². The topological polar surface area (TPSA) is 37.3 Å². The summed E-state index contributed by atoms with van der Waals surface area (Å²) in [7, 11) is 0. The zero-order chi connectivity index (χ0) is 11.9. The molecule has 0 amide bonds. The molecule has 0 atom stereocenters. The summed E-state index contributed by atoms with van der Waals surface area (Å²) in [5.74, 6) is -0.716. The van der Waals surface area contributed by atoms with Crippen molar-refractivity contribution in [1.82, 2.24) is 0 Å². The number of hydrogen-bond donors (Lipinski definition) is 1. The minimum Gasteiger partial charge on any atom is -0.481 e. The number of halogens is 1. The lowest BCUT2D eigenvalue weighted by molar-refractivity contribution is -0.147. The summed E-state index contributed by atoms with van der Waals surface area (Å²) in [5.41, 5.74) is 2.20. The van der Waals surface area contributed by atoms with Crippen molar-refractivity contribution < 1.29 is 9.90 Å². The van der Waals surface area contributed by atoms with E-state index in [1.807, 2.05) is 26.0 Å². The SMILES string of the molecule is Cc1ccc(Cl)c(C)c1C1(C(=O)O)CCC1. The highest BCUT2D eigenvalue weighted by Gasteiger charge is 2.47. The van der Waals surface area contributed by atoms with Crippen LogP contribution in [0.4, 0.5) is 0 Å². The van der Waals surface area contributed by atoms with Crippen molar-refractivity contribution in [1.29, 1.82) is 0 Å². The van der Waals surface area contributed by atoms with Gasteiger partial charge in [0.15, 0.2) is 0 Å². The lowest BCUT2D eigenvalue weighted by atomic mass is 9.62. The number of benzene rings is 1. The molecule has 1 aromatic carbocycles. The standard InChI is InChI=1S/C13H15ClO2/c1-8-4-5-10(14)9(2)11(8)13(12(15)16)6-3-7-13/h4-5H,3,6-7H2,1-2H3,(H,15,16). The molecule has 1 aliphatic carbocycles. The van der Waals surface area contributed by atoms with E-state index in [2.05, 4.69) is 0 Å². The molecule has 0 aromatic heterocycles. The van der Waals surface area contributed by atoms with Crippen molar-refractivity contribution in [2.24, 2.45) is 0 Å². The first kappa shape index (κ1) is 11.5. The minimum absolute atomic E-state index is 0.660. The fraction of sp³-hybridized carbons (Fsp3) is 0.462. The Kier molecular flexibility index (Phi) is 2.70. The summed E-state index contributed by atoms with van der Waals surface area (Å²) in [6.45, 7) is 3.87. The third kappa shape index (κ3) is 1.44. The average molecular weight is 239 g/mol. The van der Waals surface area contributed by atoms with Crippen LogP contribution in [-0.4, -0.2) is 11.1 Å². The molecule has 1 saturated carbocycles. The van der Waals surface area contributed by atoms with Gasteiger partial charge in [0.2, 0.25) is 0 Å². The van der Waals surface area contributed by atoms with Crippen molar-refractivity contribution in [2.75, 3.05) is 0 Å². The Morgan fingerprint density at radius 3 is 2.44 bits per heavy atom. The number of aliphatic carboxylic acids is 1. The maximum atomic E-state index is 11.5. The van der Waals surface area contributed by atoms with Crippen LogP contribution >= 0.6 is 11.6 Å². The first-order chi connectivity index (χ1) is 7.49. The van der Waals surface area contributed by atoms with Crippen molar-refractivity contribution in [2.45, 2.75) is 38.5 Å². The highest BCUT2D eigenvalue weighted by atomic mass is 35.5. The van der Waals surface area contributed by atoms with Gasteiger partial charge in [0, 0.05) is 5.02 Å². The molecule has 0 saturated heterocycles. The Hall–Kier alpha value is -1.02. The lowest BCUT2D eigenvalue weighted by Gasteiger charge is -2.40. The molecule has 2 rings (SSSR count). The van der Waals surface area contributed by atoms with E-state index >= 15 is 0 Å². The quantitative estimate of drug-likeness (QED) is 0.857. The summed E-state index contributed by atoms with van der Waals surface area (Å²) in [4.78, 5) is 11.5. The van der Waals surface area contributed by atoms with E-state index in [1.165, 1.54) is 0 Å². The molecule has 0 radical (unpaired) electrons. The summed E-state index contributed by atoms with van der Waals surface area (Å²) in [5, 5.41) is 10.1. The van der Waals surface area contributed by atoms with Crippen LogP contribution in [0.25, 0.3) is 0 Å². The van der Waals surface area contributed by atoms with Crippen LogP contribution in [0, 0.1) is 13.8 Å². The van der Waals surface area contributed by atoms with Gasteiger partial charge in [-0.05, 0) is 49.4 Å². The van der Waals surface area contributed by atoms with E-state index in [1.54, 1.807) is 0 Å². The Balaban J connectivity index is 2.63. The average Bonchev–Trinajstić information content (AvgIpc) is 2.15. The van der Waals surface area contributed by atoms with Gasteiger partial charge < -0.3 is 5.11 Å². The Bertz CT molecular complexity index is 447. The van der Waals surface area contributed by atoms with Gasteiger partial charge >= 0.3 is 5.97 Å². The molecule has 0 heterocycles. The fourth-order valence-electron chi connectivity index (χ4n) is 2.66. The molecule has 0 aliphatic heterocycles. The predicted octanol–water partition coefficient (Wildman–Crippen LogP) is 3.46. The second-order valence-electron chi connectivity index (χ2n) is 4.61. The van der Waals surface area contributed by atoms with Crippen molar-refractivity contribution in [3.63, 3.8) is 0 Å². The molecular weight excluding hydrogens is 224 g/mol. The predicted molar refractivity (Wildman–Crippen MR) is 64.1 cm³/mol. The fourth-order valence-corrected chi connectivity index (χ4v) is 2.82. The molecule has 3 heteroatoms. The summed E-state index contributed by atoms with van der Waals surface area (Å²) in [6, 6.07) is 3.75. The maximum absolute atomic E-state index is 11.5. The van der Waals surface area contributed by atoms with Gasteiger partial charge in [-0.1, -0.05) is 24.1 Å². The summed E-state index contributed by atoms with van der Waals surface area (Å²) >= 11 is 6.08. The third-order valence-corrected chi connectivity index (χ3v) is 4.11. The third-order valence-electron chi connectivity index (χ3n) is 3.70. The Morgan fingerprint density at radius 1 is 1.38 bits per heavy atom. The normalized spacial score (nSPS) is 17.9. The van der Waals surface area contributed by atoms with E-state index in [0.717, 1.165) is 36.0 Å². The second-order valence-corrected chi connectivity index (χ2v) is 5.01. The summed E-state index contributed by atoms with van der Waals surface area (Å²) < 4.78 is 0. The molecule has 2 nitrogen and oxygen atoms in total. The van der Waals surface area contributed by atoms with Gasteiger partial charge in [0.1, 0.15) is 0 Å². The van der Waals surface area contributed by atoms with Crippen LogP contribution in [-0.2, 0) is 10.2 Å². The Labute approximate surface area is 100 Å².